The third kappa shape index (κ3) is 3.85. The monoisotopic (exact) mass is 346 g/mol. The Bertz CT molecular complexity index is 552. The molecule has 0 aromatic carbocycles. The van der Waals surface area contributed by atoms with Crippen LogP contribution in [-0.4, -0.2) is 55.7 Å². The summed E-state index contributed by atoms with van der Waals surface area (Å²) in [7, 11) is -2.09. The second kappa shape index (κ2) is 7.17. The Hall–Kier alpha value is -1.15. The van der Waals surface area contributed by atoms with Gasteiger partial charge in [0.2, 0.25) is 15.9 Å². The van der Waals surface area contributed by atoms with Gasteiger partial charge in [0, 0.05) is 12.6 Å². The van der Waals surface area contributed by atoms with E-state index in [0.29, 0.717) is 32.2 Å². The van der Waals surface area contributed by atoms with Crippen molar-refractivity contribution in [3.05, 3.63) is 0 Å². The van der Waals surface area contributed by atoms with Crippen molar-refractivity contribution in [1.29, 1.82) is 0 Å². The molecule has 2 N–H and O–H groups in total. The van der Waals surface area contributed by atoms with Gasteiger partial charge in [-0.05, 0) is 32.7 Å². The van der Waals surface area contributed by atoms with Crippen molar-refractivity contribution in [2.24, 2.45) is 5.41 Å². The maximum atomic E-state index is 13.0. The Morgan fingerprint density at radius 2 is 1.78 bits per heavy atom. The van der Waals surface area contributed by atoms with Crippen LogP contribution in [-0.2, 0) is 19.6 Å². The molecular formula is C15H26N2O5S. The predicted octanol–water partition coefficient (Wildman–Crippen LogP) is 0.952. The average molecular weight is 346 g/mol. The van der Waals surface area contributed by atoms with Crippen molar-refractivity contribution < 1.29 is 23.1 Å². The Balaban J connectivity index is 2.23. The molecule has 0 aromatic rings. The number of carboxylic acids is 1. The highest BCUT2D eigenvalue weighted by Gasteiger charge is 2.50. The van der Waals surface area contributed by atoms with Crippen LogP contribution in [0.25, 0.3) is 0 Å². The topological polar surface area (TPSA) is 104 Å². The molecule has 1 amide bonds. The van der Waals surface area contributed by atoms with Crippen molar-refractivity contribution in [2.75, 3.05) is 19.3 Å². The van der Waals surface area contributed by atoms with E-state index in [2.05, 4.69) is 4.72 Å². The van der Waals surface area contributed by atoms with E-state index in [1.165, 1.54) is 11.9 Å². The molecular weight excluding hydrogens is 320 g/mol. The van der Waals surface area contributed by atoms with Crippen molar-refractivity contribution in [3.63, 3.8) is 0 Å². The number of hydrogen-bond acceptors (Lipinski definition) is 4. The van der Waals surface area contributed by atoms with Crippen LogP contribution < -0.4 is 4.72 Å². The molecule has 2 fully saturated rings. The molecule has 1 saturated heterocycles. The summed E-state index contributed by atoms with van der Waals surface area (Å²) in [5, 5.41) is 9.73. The lowest BCUT2D eigenvalue weighted by Crippen LogP contribution is -2.52. The summed E-state index contributed by atoms with van der Waals surface area (Å²) in [6.45, 7) is 0.442. The van der Waals surface area contributed by atoms with Gasteiger partial charge in [0.25, 0.3) is 0 Å². The molecule has 7 nitrogen and oxygen atoms in total. The highest BCUT2D eigenvalue weighted by molar-refractivity contribution is 7.89. The van der Waals surface area contributed by atoms with Gasteiger partial charge in [0.15, 0.2) is 0 Å². The van der Waals surface area contributed by atoms with Crippen LogP contribution in [0.3, 0.4) is 0 Å². The minimum atomic E-state index is -3.44. The molecule has 2 rings (SSSR count). The molecule has 0 spiro atoms. The molecule has 0 radical (unpaired) electrons. The number of amides is 1. The number of sulfonamides is 1. The SMILES string of the molecule is CNS(=O)(=O)CC1CCCN1C(=O)C1(C(=O)O)CCCCCC1. The lowest BCUT2D eigenvalue weighted by molar-refractivity contribution is -0.162. The number of nitrogens with zero attached hydrogens (tertiary/aromatic N) is 1. The van der Waals surface area contributed by atoms with E-state index in [9.17, 15) is 23.1 Å². The first-order chi connectivity index (χ1) is 10.8. The van der Waals surface area contributed by atoms with Crippen LogP contribution in [0.1, 0.15) is 51.4 Å². The highest BCUT2D eigenvalue weighted by atomic mass is 32.2. The third-order valence-electron chi connectivity index (χ3n) is 5.14. The number of carbonyl (C=O) groups is 2. The Labute approximate surface area is 137 Å². The fourth-order valence-corrected chi connectivity index (χ4v) is 4.76. The molecule has 1 unspecified atom stereocenters. The largest absolute Gasteiger partial charge is 0.480 e. The number of rotatable bonds is 5. The number of hydrogen-bond donors (Lipinski definition) is 2. The van der Waals surface area contributed by atoms with Gasteiger partial charge in [-0.15, -0.1) is 0 Å². The highest BCUT2D eigenvalue weighted by Crippen LogP contribution is 2.39. The number of aliphatic carboxylic acids is 1. The van der Waals surface area contributed by atoms with Crippen LogP contribution in [0, 0.1) is 5.41 Å². The van der Waals surface area contributed by atoms with Gasteiger partial charge in [-0.2, -0.15) is 0 Å². The van der Waals surface area contributed by atoms with Crippen molar-refractivity contribution in [1.82, 2.24) is 9.62 Å². The van der Waals surface area contributed by atoms with Gasteiger partial charge in [0.1, 0.15) is 5.41 Å². The van der Waals surface area contributed by atoms with Crippen molar-refractivity contribution >= 4 is 21.9 Å². The Kier molecular flexibility index (Phi) is 5.67. The molecule has 1 saturated carbocycles. The van der Waals surface area contributed by atoms with Crippen molar-refractivity contribution in [2.45, 2.75) is 57.4 Å². The average Bonchev–Trinajstić information content (AvgIpc) is 2.80. The minimum Gasteiger partial charge on any atom is -0.480 e. The van der Waals surface area contributed by atoms with Gasteiger partial charge < -0.3 is 10.0 Å². The summed E-state index contributed by atoms with van der Waals surface area (Å²) >= 11 is 0. The molecule has 1 heterocycles. The van der Waals surface area contributed by atoms with E-state index in [4.69, 9.17) is 0 Å². The smallest absolute Gasteiger partial charge is 0.319 e. The number of carbonyl (C=O) groups excluding carboxylic acids is 1. The normalized spacial score (nSPS) is 25.1. The zero-order chi connectivity index (χ0) is 17.1. The standard InChI is InChI=1S/C15H26N2O5S/c1-16-23(21,22)11-12-7-6-10-17(12)13(18)15(14(19)20)8-4-2-3-5-9-15/h12,16H,2-11H2,1H3,(H,19,20). The van der Waals surface area contributed by atoms with Gasteiger partial charge in [-0.1, -0.05) is 25.7 Å². The van der Waals surface area contributed by atoms with Crippen LogP contribution in [0.2, 0.25) is 0 Å². The fraction of sp³-hybridized carbons (Fsp3) is 0.867. The maximum absolute atomic E-state index is 13.0. The van der Waals surface area contributed by atoms with E-state index >= 15 is 0 Å². The predicted molar refractivity (Wildman–Crippen MR) is 85.4 cm³/mol. The molecule has 0 bridgehead atoms. The second-order valence-corrected chi connectivity index (χ2v) is 8.55. The van der Waals surface area contributed by atoms with Gasteiger partial charge in [-0.25, -0.2) is 13.1 Å². The summed E-state index contributed by atoms with van der Waals surface area (Å²) in [5.41, 5.74) is -1.37. The molecule has 23 heavy (non-hydrogen) atoms. The molecule has 2 aliphatic rings. The van der Waals surface area contributed by atoms with Gasteiger partial charge in [-0.3, -0.25) is 9.59 Å². The van der Waals surface area contributed by atoms with Crippen LogP contribution in [0.4, 0.5) is 0 Å². The van der Waals surface area contributed by atoms with E-state index in [-0.39, 0.29) is 11.7 Å². The van der Waals surface area contributed by atoms with E-state index in [0.717, 1.165) is 25.7 Å². The first-order valence-electron chi connectivity index (χ1n) is 8.28. The van der Waals surface area contributed by atoms with Crippen LogP contribution >= 0.6 is 0 Å². The summed E-state index contributed by atoms with van der Waals surface area (Å²) in [5.74, 6) is -1.61. The summed E-state index contributed by atoms with van der Waals surface area (Å²) in [6, 6.07) is -0.431. The fourth-order valence-electron chi connectivity index (χ4n) is 3.74. The maximum Gasteiger partial charge on any atom is 0.319 e. The summed E-state index contributed by atoms with van der Waals surface area (Å²) in [6.07, 6.45) is 5.36. The van der Waals surface area contributed by atoms with E-state index < -0.39 is 27.4 Å². The molecule has 132 valence electrons. The minimum absolute atomic E-state index is 0.162. The zero-order valence-corrected chi connectivity index (χ0v) is 14.4. The zero-order valence-electron chi connectivity index (χ0n) is 13.6. The van der Waals surface area contributed by atoms with Crippen molar-refractivity contribution in [3.8, 4) is 0 Å². The number of carboxylic acid groups (broad SMARTS) is 1. The summed E-state index contributed by atoms with van der Waals surface area (Å²) < 4.78 is 25.9. The first kappa shape index (κ1) is 18.2. The second-order valence-electron chi connectivity index (χ2n) is 6.58. The Morgan fingerprint density at radius 3 is 2.30 bits per heavy atom. The molecule has 1 aliphatic carbocycles. The molecule has 0 aromatic heterocycles. The number of likely N-dealkylation sites (tertiary alicyclic amines) is 1. The summed E-state index contributed by atoms with van der Waals surface area (Å²) in [4.78, 5) is 26.4. The molecule has 8 heteroatoms. The van der Waals surface area contributed by atoms with Crippen LogP contribution in [0.5, 0.6) is 0 Å². The lowest BCUT2D eigenvalue weighted by Gasteiger charge is -2.34. The van der Waals surface area contributed by atoms with Gasteiger partial charge in [0.05, 0.1) is 5.75 Å². The van der Waals surface area contributed by atoms with Gasteiger partial charge >= 0.3 is 5.97 Å². The lowest BCUT2D eigenvalue weighted by atomic mass is 9.79. The van der Waals surface area contributed by atoms with Crippen LogP contribution in [0.15, 0.2) is 0 Å². The first-order valence-corrected chi connectivity index (χ1v) is 9.93. The van der Waals surface area contributed by atoms with E-state index in [1.807, 2.05) is 0 Å². The molecule has 1 atom stereocenters. The van der Waals surface area contributed by atoms with E-state index in [1.54, 1.807) is 0 Å². The Morgan fingerprint density at radius 1 is 1.17 bits per heavy atom. The quantitative estimate of drug-likeness (QED) is 0.570. The number of nitrogens with one attached hydrogen (secondary N) is 1. The third-order valence-corrected chi connectivity index (χ3v) is 6.58. The molecule has 1 aliphatic heterocycles.